The van der Waals surface area contributed by atoms with E-state index in [0.717, 1.165) is 68.3 Å². The molecule has 3 unspecified atom stereocenters. The molecule has 5 heterocycles. The van der Waals surface area contributed by atoms with Crippen molar-refractivity contribution in [1.82, 2.24) is 40.4 Å². The number of carbonyl (C=O) groups excluding carboxylic acids is 4. The predicted octanol–water partition coefficient (Wildman–Crippen LogP) is 7.01. The van der Waals surface area contributed by atoms with Crippen LogP contribution in [0.25, 0.3) is 44.2 Å². The van der Waals surface area contributed by atoms with Gasteiger partial charge in [0.05, 0.1) is 55.8 Å². The van der Waals surface area contributed by atoms with E-state index in [2.05, 4.69) is 57.0 Å². The normalized spacial score (nSPS) is 20.5. The van der Waals surface area contributed by atoms with E-state index in [9.17, 15) is 19.2 Å². The van der Waals surface area contributed by atoms with Gasteiger partial charge in [-0.25, -0.2) is 19.6 Å². The number of aromatic nitrogens is 4. The van der Waals surface area contributed by atoms with Crippen LogP contribution in [-0.2, 0) is 30.4 Å². The Hall–Kier alpha value is -6.16. The Balaban J connectivity index is 1.05. The number of likely N-dealkylation sites (tertiary alicyclic amines) is 2. The molecule has 328 valence electrons. The fourth-order valence-electron chi connectivity index (χ4n) is 9.43. The first-order chi connectivity index (χ1) is 29.8. The number of alkyl carbamates (subject to hydrolysis) is 2. The summed E-state index contributed by atoms with van der Waals surface area (Å²) in [6, 6.07) is 12.5. The number of carbonyl (C=O) groups is 4. The first-order valence-corrected chi connectivity index (χ1v) is 21.4. The number of nitrogens with zero attached hydrogens (tertiary/aromatic N) is 4. The van der Waals surface area contributed by atoms with E-state index in [1.807, 2.05) is 45.6 Å². The fraction of sp³-hybridized carbons (Fsp3) is 0.478. The van der Waals surface area contributed by atoms with Crippen LogP contribution in [0.4, 0.5) is 9.59 Å². The number of aromatic amines is 2. The van der Waals surface area contributed by atoms with Crippen molar-refractivity contribution in [3.8, 4) is 28.1 Å². The lowest BCUT2D eigenvalue weighted by Crippen LogP contribution is -2.52. The second kappa shape index (κ2) is 17.3. The van der Waals surface area contributed by atoms with Gasteiger partial charge in [-0.15, -0.1) is 0 Å². The van der Waals surface area contributed by atoms with Gasteiger partial charge in [-0.3, -0.25) is 9.59 Å². The third kappa shape index (κ3) is 7.91. The van der Waals surface area contributed by atoms with Gasteiger partial charge >= 0.3 is 12.2 Å². The molecule has 3 aromatic carbocycles. The highest BCUT2D eigenvalue weighted by Gasteiger charge is 2.43. The van der Waals surface area contributed by atoms with Gasteiger partial charge in [-0.1, -0.05) is 45.9 Å². The summed E-state index contributed by atoms with van der Waals surface area (Å²) in [5.74, 6) is 1.61. The maximum atomic E-state index is 14.0. The van der Waals surface area contributed by atoms with Crippen LogP contribution in [0.5, 0.6) is 5.75 Å². The molecule has 62 heavy (non-hydrogen) atoms. The monoisotopic (exact) mass is 848 g/mol. The summed E-state index contributed by atoms with van der Waals surface area (Å²) in [7, 11) is 4.23. The van der Waals surface area contributed by atoms with Crippen LogP contribution in [0.2, 0.25) is 0 Å². The number of fused-ring (bicyclic) bond motifs is 6. The number of benzene rings is 3. The van der Waals surface area contributed by atoms with Gasteiger partial charge in [0.15, 0.2) is 0 Å². The highest BCUT2D eigenvalue weighted by Crippen LogP contribution is 2.44. The Kier molecular flexibility index (Phi) is 11.9. The Morgan fingerprint density at radius 1 is 0.855 bits per heavy atom. The molecular weight excluding hydrogens is 793 g/mol. The predicted molar refractivity (Wildman–Crippen MR) is 232 cm³/mol. The summed E-state index contributed by atoms with van der Waals surface area (Å²) >= 11 is 0. The van der Waals surface area contributed by atoms with Crippen molar-refractivity contribution in [2.45, 2.75) is 90.7 Å². The maximum absolute atomic E-state index is 14.0. The van der Waals surface area contributed by atoms with Crippen molar-refractivity contribution in [2.75, 3.05) is 34.5 Å². The number of amides is 4. The van der Waals surface area contributed by atoms with Crippen molar-refractivity contribution in [2.24, 2.45) is 17.8 Å². The Labute approximate surface area is 360 Å². The number of methoxy groups -OCH3 is 3. The number of nitrogens with one attached hydrogen (secondary N) is 4. The molecule has 3 aliphatic heterocycles. The van der Waals surface area contributed by atoms with E-state index in [0.29, 0.717) is 37.8 Å². The molecule has 0 radical (unpaired) electrons. The van der Waals surface area contributed by atoms with Crippen LogP contribution >= 0.6 is 0 Å². The molecule has 2 aromatic heterocycles. The fourth-order valence-corrected chi connectivity index (χ4v) is 9.43. The molecular formula is C46H56N8O8. The van der Waals surface area contributed by atoms with Gasteiger partial charge in [-0.05, 0) is 84.4 Å². The summed E-state index contributed by atoms with van der Waals surface area (Å²) in [4.78, 5) is 72.8. The van der Waals surface area contributed by atoms with E-state index in [-0.39, 0.29) is 47.7 Å². The molecule has 8 rings (SSSR count). The first kappa shape index (κ1) is 42.5. The van der Waals surface area contributed by atoms with Crippen molar-refractivity contribution < 1.29 is 38.1 Å². The summed E-state index contributed by atoms with van der Waals surface area (Å²) in [6.07, 6.45) is 2.73. The summed E-state index contributed by atoms with van der Waals surface area (Å²) in [6.45, 7) is 11.0. The molecule has 5 aromatic rings. The highest BCUT2D eigenvalue weighted by atomic mass is 16.5. The van der Waals surface area contributed by atoms with Crippen LogP contribution in [0.1, 0.15) is 83.2 Å². The molecule has 16 nitrogen and oxygen atoms in total. The van der Waals surface area contributed by atoms with Crippen LogP contribution in [-0.4, -0.2) is 106 Å². The molecule has 0 aliphatic carbocycles. The highest BCUT2D eigenvalue weighted by molar-refractivity contribution is 6.07. The van der Waals surface area contributed by atoms with Crippen molar-refractivity contribution in [1.29, 1.82) is 0 Å². The number of imidazole rings is 2. The standard InChI is InChI=1S/C46H56N8O8/c1-23(2)38(51-45(57)60-7)43(55)53-20-26(21-59-6)15-36(53)41-47-19-34(49-41)28-10-12-30-29(16-28)22-62-37-18-31-27(17-32(30)37)11-13-33-40(31)50-42(48-33)35-14-9-25(5)54(35)44(56)39(24(3)4)52-46(58)61-8/h10-13,16-19,23-26,35-36,38-39H,9,14-15,20-22H2,1-8H3,(H,47,49)(H,48,50)(H,51,57)(H,52,58)/t25-,26?,35-,36?,38?,39-/m0/s1. The molecule has 3 aliphatic rings. The SMILES string of the molecule is COCC1CC(c2ncc(-c3ccc4c(c3)COc3cc5c(ccc6nc([C@@H]7CC[C@H](C)N7C(=O)[C@@H](NC(=O)OC)C(C)C)[nH]c65)cc3-4)[nH]2)N(C(=O)C(NC(=O)OC)C(C)C)C1. The minimum absolute atomic E-state index is 0.0301. The van der Waals surface area contributed by atoms with Gasteiger partial charge in [-0.2, -0.15) is 0 Å². The molecule has 0 saturated carbocycles. The minimum atomic E-state index is -0.754. The number of ether oxygens (including phenoxy) is 4. The lowest BCUT2D eigenvalue weighted by atomic mass is 9.92. The van der Waals surface area contributed by atoms with Crippen LogP contribution in [0.3, 0.4) is 0 Å². The second-order valence-electron chi connectivity index (χ2n) is 17.5. The molecule has 16 heteroatoms. The van der Waals surface area contributed by atoms with E-state index in [4.69, 9.17) is 28.9 Å². The average Bonchev–Trinajstić information content (AvgIpc) is 4.09. The van der Waals surface area contributed by atoms with E-state index >= 15 is 0 Å². The van der Waals surface area contributed by atoms with Gasteiger partial charge in [0, 0.05) is 36.6 Å². The largest absolute Gasteiger partial charge is 0.488 e. The van der Waals surface area contributed by atoms with E-state index < -0.39 is 24.3 Å². The maximum Gasteiger partial charge on any atom is 0.407 e. The minimum Gasteiger partial charge on any atom is -0.488 e. The lowest BCUT2D eigenvalue weighted by molar-refractivity contribution is -0.137. The Bertz CT molecular complexity index is 2510. The van der Waals surface area contributed by atoms with Crippen molar-refractivity contribution in [3.63, 3.8) is 0 Å². The molecule has 2 saturated heterocycles. The zero-order valence-corrected chi connectivity index (χ0v) is 36.5. The van der Waals surface area contributed by atoms with Crippen molar-refractivity contribution >= 4 is 45.8 Å². The molecule has 6 atom stereocenters. The zero-order valence-electron chi connectivity index (χ0n) is 36.5. The van der Waals surface area contributed by atoms with Gasteiger partial charge in [0.25, 0.3) is 0 Å². The number of hydrogen-bond acceptors (Lipinski definition) is 10. The smallest absolute Gasteiger partial charge is 0.407 e. The van der Waals surface area contributed by atoms with Crippen LogP contribution < -0.4 is 15.4 Å². The van der Waals surface area contributed by atoms with Gasteiger partial charge in [0.2, 0.25) is 11.8 Å². The summed E-state index contributed by atoms with van der Waals surface area (Å²) in [5.41, 5.74) is 6.51. The van der Waals surface area contributed by atoms with Crippen LogP contribution in [0, 0.1) is 17.8 Å². The topological polar surface area (TPSA) is 193 Å². The van der Waals surface area contributed by atoms with Gasteiger partial charge in [0.1, 0.15) is 36.1 Å². The van der Waals surface area contributed by atoms with Gasteiger partial charge < -0.3 is 49.3 Å². The summed E-state index contributed by atoms with van der Waals surface area (Å²) < 4.78 is 21.6. The third-order valence-electron chi connectivity index (χ3n) is 12.7. The molecule has 0 bridgehead atoms. The average molecular weight is 849 g/mol. The van der Waals surface area contributed by atoms with Crippen molar-refractivity contribution in [3.05, 3.63) is 65.9 Å². The van der Waals surface area contributed by atoms with Crippen LogP contribution in [0.15, 0.2) is 48.7 Å². The molecule has 0 spiro atoms. The quantitative estimate of drug-likeness (QED) is 0.107. The Morgan fingerprint density at radius 2 is 1.58 bits per heavy atom. The van der Waals surface area contributed by atoms with E-state index in [1.165, 1.54) is 14.2 Å². The van der Waals surface area contributed by atoms with E-state index in [1.54, 1.807) is 18.2 Å². The first-order valence-electron chi connectivity index (χ1n) is 21.4. The summed E-state index contributed by atoms with van der Waals surface area (Å²) in [5, 5.41) is 7.44. The second-order valence-corrected chi connectivity index (χ2v) is 17.5. The number of hydrogen-bond donors (Lipinski definition) is 4. The number of rotatable bonds is 11. The number of H-pyrrole nitrogens is 2. The molecule has 2 fully saturated rings. The molecule has 4 amide bonds. The third-order valence-corrected chi connectivity index (χ3v) is 12.7. The zero-order chi connectivity index (χ0) is 44.0. The molecule has 4 N–H and O–H groups in total. The lowest BCUT2D eigenvalue weighted by Gasteiger charge is -2.32. The Morgan fingerprint density at radius 3 is 2.27 bits per heavy atom.